The van der Waals surface area contributed by atoms with Gasteiger partial charge in [-0.1, -0.05) is 19.8 Å². The molecule has 1 heterocycles. The quantitative estimate of drug-likeness (QED) is 0.812. The van der Waals surface area contributed by atoms with Gasteiger partial charge in [0.1, 0.15) is 0 Å². The first-order valence-electron chi connectivity index (χ1n) is 6.21. The van der Waals surface area contributed by atoms with Crippen LogP contribution in [0.4, 0.5) is 0 Å². The van der Waals surface area contributed by atoms with Crippen LogP contribution in [0, 0.1) is 0 Å². The standard InChI is InChI=1S/C12H20N2O2/c1-2-11-10(7-8-15)12(16)14(13-11)9-5-3-4-6-9/h9,13,15H,2-8H2,1H3. The number of aliphatic hydroxyl groups excluding tert-OH is 1. The first kappa shape index (κ1) is 11.5. The second-order valence-corrected chi connectivity index (χ2v) is 4.51. The Morgan fingerprint density at radius 2 is 2.12 bits per heavy atom. The Morgan fingerprint density at radius 1 is 1.44 bits per heavy atom. The molecular formula is C12H20N2O2. The van der Waals surface area contributed by atoms with Crippen molar-refractivity contribution in [3.8, 4) is 0 Å². The molecule has 4 heteroatoms. The van der Waals surface area contributed by atoms with Gasteiger partial charge in [-0.15, -0.1) is 0 Å². The fourth-order valence-electron chi connectivity index (χ4n) is 2.62. The molecule has 2 rings (SSSR count). The van der Waals surface area contributed by atoms with Gasteiger partial charge in [0.25, 0.3) is 5.56 Å². The molecule has 0 radical (unpaired) electrons. The highest BCUT2D eigenvalue weighted by molar-refractivity contribution is 5.18. The topological polar surface area (TPSA) is 58.0 Å². The van der Waals surface area contributed by atoms with Gasteiger partial charge in [-0.2, -0.15) is 0 Å². The molecule has 16 heavy (non-hydrogen) atoms. The molecule has 1 saturated carbocycles. The Hall–Kier alpha value is -1.03. The number of aryl methyl sites for hydroxylation is 1. The zero-order valence-electron chi connectivity index (χ0n) is 9.83. The van der Waals surface area contributed by atoms with Gasteiger partial charge in [0.2, 0.25) is 0 Å². The predicted molar refractivity (Wildman–Crippen MR) is 62.7 cm³/mol. The summed E-state index contributed by atoms with van der Waals surface area (Å²) in [5.74, 6) is 0. The third-order valence-electron chi connectivity index (χ3n) is 3.50. The van der Waals surface area contributed by atoms with E-state index < -0.39 is 0 Å². The lowest BCUT2D eigenvalue weighted by atomic mass is 10.1. The van der Waals surface area contributed by atoms with Gasteiger partial charge >= 0.3 is 0 Å². The van der Waals surface area contributed by atoms with E-state index in [0.29, 0.717) is 12.5 Å². The maximum Gasteiger partial charge on any atom is 0.270 e. The van der Waals surface area contributed by atoms with Crippen LogP contribution in [-0.2, 0) is 12.8 Å². The highest BCUT2D eigenvalue weighted by atomic mass is 16.3. The van der Waals surface area contributed by atoms with Crippen molar-refractivity contribution in [2.45, 2.75) is 51.5 Å². The minimum Gasteiger partial charge on any atom is -0.396 e. The summed E-state index contributed by atoms with van der Waals surface area (Å²) in [6.45, 7) is 2.08. The van der Waals surface area contributed by atoms with Crippen molar-refractivity contribution in [1.29, 1.82) is 0 Å². The zero-order chi connectivity index (χ0) is 11.5. The molecule has 90 valence electrons. The summed E-state index contributed by atoms with van der Waals surface area (Å²) < 4.78 is 1.79. The summed E-state index contributed by atoms with van der Waals surface area (Å²) in [5.41, 5.74) is 1.85. The smallest absolute Gasteiger partial charge is 0.270 e. The highest BCUT2D eigenvalue weighted by Crippen LogP contribution is 2.28. The molecule has 0 saturated heterocycles. The van der Waals surface area contributed by atoms with Gasteiger partial charge in [-0.05, 0) is 19.3 Å². The summed E-state index contributed by atoms with van der Waals surface area (Å²) in [6.07, 6.45) is 5.92. The summed E-state index contributed by atoms with van der Waals surface area (Å²) in [5, 5.41) is 12.2. The minimum absolute atomic E-state index is 0.0464. The number of aromatic nitrogens is 2. The van der Waals surface area contributed by atoms with Crippen molar-refractivity contribution in [1.82, 2.24) is 9.78 Å². The highest BCUT2D eigenvalue weighted by Gasteiger charge is 2.22. The van der Waals surface area contributed by atoms with E-state index in [1.165, 1.54) is 12.8 Å². The first-order chi connectivity index (χ1) is 7.77. The van der Waals surface area contributed by atoms with Gasteiger partial charge in [0, 0.05) is 24.3 Å². The minimum atomic E-state index is 0.0464. The van der Waals surface area contributed by atoms with E-state index in [2.05, 4.69) is 5.10 Å². The molecule has 4 nitrogen and oxygen atoms in total. The van der Waals surface area contributed by atoms with Crippen LogP contribution in [-0.4, -0.2) is 21.5 Å². The predicted octanol–water partition coefficient (Wildman–Crippen LogP) is 1.39. The van der Waals surface area contributed by atoms with E-state index in [9.17, 15) is 4.79 Å². The van der Waals surface area contributed by atoms with Gasteiger partial charge < -0.3 is 5.11 Å². The molecule has 0 bridgehead atoms. The van der Waals surface area contributed by atoms with E-state index in [-0.39, 0.29) is 12.2 Å². The summed E-state index contributed by atoms with van der Waals surface area (Å²) in [4.78, 5) is 12.1. The number of nitrogens with zero attached hydrogens (tertiary/aromatic N) is 1. The first-order valence-corrected chi connectivity index (χ1v) is 6.21. The molecule has 0 unspecified atom stereocenters. The largest absolute Gasteiger partial charge is 0.396 e. The molecule has 1 aliphatic carbocycles. The van der Waals surface area contributed by atoms with Gasteiger partial charge in [-0.25, -0.2) is 4.68 Å². The second kappa shape index (κ2) is 4.87. The molecule has 1 aliphatic rings. The Labute approximate surface area is 95.3 Å². The number of aliphatic hydroxyl groups is 1. The normalized spacial score (nSPS) is 17.1. The van der Waals surface area contributed by atoms with E-state index in [1.54, 1.807) is 4.68 Å². The van der Waals surface area contributed by atoms with E-state index in [4.69, 9.17) is 5.11 Å². The second-order valence-electron chi connectivity index (χ2n) is 4.51. The van der Waals surface area contributed by atoms with Crippen LogP contribution in [0.3, 0.4) is 0 Å². The average Bonchev–Trinajstić information content (AvgIpc) is 2.89. The summed E-state index contributed by atoms with van der Waals surface area (Å²) in [6, 6.07) is 0.352. The molecule has 0 aliphatic heterocycles. The Kier molecular flexibility index (Phi) is 3.49. The number of hydrogen-bond acceptors (Lipinski definition) is 2. The molecule has 1 aromatic rings. The Balaban J connectivity index is 2.35. The van der Waals surface area contributed by atoms with Crippen LogP contribution in [0.15, 0.2) is 4.79 Å². The van der Waals surface area contributed by atoms with E-state index in [0.717, 1.165) is 30.5 Å². The van der Waals surface area contributed by atoms with Gasteiger partial charge in [0.05, 0.1) is 6.04 Å². The zero-order valence-corrected chi connectivity index (χ0v) is 9.83. The maximum atomic E-state index is 12.1. The molecule has 1 aromatic heterocycles. The lowest BCUT2D eigenvalue weighted by molar-refractivity contribution is 0.299. The summed E-state index contributed by atoms with van der Waals surface area (Å²) >= 11 is 0. The van der Waals surface area contributed by atoms with Crippen molar-refractivity contribution in [2.75, 3.05) is 6.61 Å². The number of H-pyrrole nitrogens is 1. The third kappa shape index (κ3) is 1.94. The van der Waals surface area contributed by atoms with Crippen LogP contribution in [0.2, 0.25) is 0 Å². The van der Waals surface area contributed by atoms with E-state index >= 15 is 0 Å². The van der Waals surface area contributed by atoms with Crippen molar-refractivity contribution < 1.29 is 5.11 Å². The maximum absolute atomic E-state index is 12.1. The monoisotopic (exact) mass is 224 g/mol. The number of rotatable bonds is 4. The fraction of sp³-hybridized carbons (Fsp3) is 0.750. The Morgan fingerprint density at radius 3 is 2.69 bits per heavy atom. The number of hydrogen-bond donors (Lipinski definition) is 2. The fourth-order valence-corrected chi connectivity index (χ4v) is 2.62. The van der Waals surface area contributed by atoms with Crippen molar-refractivity contribution in [3.05, 3.63) is 21.6 Å². The third-order valence-corrected chi connectivity index (χ3v) is 3.50. The molecule has 0 spiro atoms. The van der Waals surface area contributed by atoms with Gasteiger partial charge in [-0.3, -0.25) is 9.89 Å². The average molecular weight is 224 g/mol. The number of nitrogens with one attached hydrogen (secondary N) is 1. The van der Waals surface area contributed by atoms with Crippen LogP contribution in [0.1, 0.15) is 49.9 Å². The van der Waals surface area contributed by atoms with Gasteiger partial charge in [0.15, 0.2) is 0 Å². The molecular weight excluding hydrogens is 204 g/mol. The van der Waals surface area contributed by atoms with Crippen LogP contribution in [0.5, 0.6) is 0 Å². The molecule has 0 atom stereocenters. The van der Waals surface area contributed by atoms with Crippen LogP contribution in [0.25, 0.3) is 0 Å². The SMILES string of the molecule is CCc1[nH]n(C2CCCC2)c(=O)c1CCO. The number of aromatic amines is 1. The lowest BCUT2D eigenvalue weighted by Gasteiger charge is -2.09. The van der Waals surface area contributed by atoms with Crippen LogP contribution >= 0.6 is 0 Å². The lowest BCUT2D eigenvalue weighted by Crippen LogP contribution is -2.23. The van der Waals surface area contributed by atoms with E-state index in [1.807, 2.05) is 6.92 Å². The van der Waals surface area contributed by atoms with Crippen molar-refractivity contribution >= 4 is 0 Å². The molecule has 1 fully saturated rings. The van der Waals surface area contributed by atoms with Crippen molar-refractivity contribution in [2.24, 2.45) is 0 Å². The molecule has 2 N–H and O–H groups in total. The Bertz CT molecular complexity index is 400. The molecule has 0 amide bonds. The summed E-state index contributed by atoms with van der Waals surface area (Å²) in [7, 11) is 0. The van der Waals surface area contributed by atoms with Crippen LogP contribution < -0.4 is 5.56 Å². The molecule has 0 aromatic carbocycles. The van der Waals surface area contributed by atoms with Crippen molar-refractivity contribution in [3.63, 3.8) is 0 Å².